The van der Waals surface area contributed by atoms with Crippen molar-refractivity contribution in [3.8, 4) is 0 Å². The summed E-state index contributed by atoms with van der Waals surface area (Å²) in [6, 6.07) is 7.70. The molecule has 10 heteroatoms. The number of hydrogen-bond donors (Lipinski definition) is 2. The minimum absolute atomic E-state index is 0.0387. The Hall–Kier alpha value is -2.98. The fourth-order valence-electron chi connectivity index (χ4n) is 3.77. The van der Waals surface area contributed by atoms with Crippen LogP contribution in [0.2, 0.25) is 0 Å². The van der Waals surface area contributed by atoms with Gasteiger partial charge < -0.3 is 9.73 Å². The molecule has 2 N–H and O–H groups in total. The summed E-state index contributed by atoms with van der Waals surface area (Å²) in [4.78, 5) is 33.4. The van der Waals surface area contributed by atoms with E-state index >= 15 is 0 Å². The van der Waals surface area contributed by atoms with E-state index in [-0.39, 0.29) is 17.1 Å². The van der Waals surface area contributed by atoms with Crippen molar-refractivity contribution in [2.24, 2.45) is 0 Å². The summed E-state index contributed by atoms with van der Waals surface area (Å²) < 4.78 is 6.89. The molecule has 0 atom stereocenters. The number of fused-ring (bicyclic) bond motifs is 1. The Balaban J connectivity index is 1.08. The van der Waals surface area contributed by atoms with Crippen LogP contribution in [0.1, 0.15) is 76.0 Å². The SMILES string of the molecule is CC(C)(C)c1cnc(CSc2cnc(CC(=O)CCCCCCC(=O)Nc3n[nH]c4ccccc34)s2)o1. The molecule has 0 aliphatic heterocycles. The lowest BCUT2D eigenvalue weighted by Gasteiger charge is -2.12. The predicted molar refractivity (Wildman–Crippen MR) is 148 cm³/mol. The second-order valence-corrected chi connectivity index (χ2v) is 12.4. The van der Waals surface area contributed by atoms with Gasteiger partial charge in [0.05, 0.1) is 34.3 Å². The molecule has 1 aromatic carbocycles. The third-order valence-electron chi connectivity index (χ3n) is 5.85. The normalized spacial score (nSPS) is 11.8. The van der Waals surface area contributed by atoms with E-state index in [0.717, 1.165) is 51.6 Å². The minimum atomic E-state index is -0.0568. The summed E-state index contributed by atoms with van der Waals surface area (Å²) in [6.45, 7) is 6.29. The van der Waals surface area contributed by atoms with Gasteiger partial charge in [0.1, 0.15) is 16.6 Å². The van der Waals surface area contributed by atoms with Gasteiger partial charge in [-0.3, -0.25) is 14.7 Å². The van der Waals surface area contributed by atoms with Crippen LogP contribution >= 0.6 is 23.1 Å². The van der Waals surface area contributed by atoms with E-state index in [0.29, 0.717) is 36.7 Å². The molecule has 0 spiro atoms. The number of Topliss-reactive ketones (excluding diaryl/α,β-unsaturated/α-hetero) is 1. The Bertz CT molecular complexity index is 1340. The van der Waals surface area contributed by atoms with Crippen LogP contribution in [0.15, 0.2) is 45.3 Å². The molecule has 8 nitrogen and oxygen atoms in total. The van der Waals surface area contributed by atoms with Gasteiger partial charge in [-0.2, -0.15) is 5.10 Å². The van der Waals surface area contributed by atoms with Crippen LogP contribution < -0.4 is 5.32 Å². The number of ketones is 1. The zero-order chi connectivity index (χ0) is 26.3. The first-order valence-electron chi connectivity index (χ1n) is 12.6. The number of carbonyl (C=O) groups excluding carboxylic acids is 2. The van der Waals surface area contributed by atoms with Gasteiger partial charge in [0.2, 0.25) is 11.8 Å². The van der Waals surface area contributed by atoms with E-state index < -0.39 is 0 Å². The van der Waals surface area contributed by atoms with Crippen LogP contribution in [0.4, 0.5) is 5.82 Å². The molecule has 3 aromatic heterocycles. The number of para-hydroxylation sites is 1. The molecule has 0 unspecified atom stereocenters. The number of amides is 1. The number of unbranched alkanes of at least 4 members (excludes halogenated alkanes) is 3. The summed E-state index contributed by atoms with van der Waals surface area (Å²) in [5, 5.41) is 11.7. The van der Waals surface area contributed by atoms with Crippen LogP contribution in [0.3, 0.4) is 0 Å². The second kappa shape index (κ2) is 12.5. The standard InChI is InChI=1S/C27H33N5O3S2/c1-27(2,3)21-15-28-23(35-21)17-36-25-16-29-24(37-25)14-18(33)10-6-4-5-7-13-22(34)30-26-19-11-8-9-12-20(19)31-32-26/h8-9,11-12,15-16H,4-7,10,13-14,17H2,1-3H3,(H2,30,31,32,34). The lowest BCUT2D eigenvalue weighted by Crippen LogP contribution is -2.11. The van der Waals surface area contributed by atoms with E-state index in [9.17, 15) is 9.59 Å². The summed E-state index contributed by atoms with van der Waals surface area (Å²) in [7, 11) is 0. The second-order valence-electron chi connectivity index (χ2n) is 10.0. The maximum Gasteiger partial charge on any atom is 0.225 e. The number of nitrogens with zero attached hydrogens (tertiary/aromatic N) is 3. The third kappa shape index (κ3) is 8.00. The highest BCUT2D eigenvalue weighted by atomic mass is 32.2. The van der Waals surface area contributed by atoms with Gasteiger partial charge in [-0.15, -0.1) is 23.1 Å². The van der Waals surface area contributed by atoms with Gasteiger partial charge in [-0.25, -0.2) is 9.97 Å². The molecule has 0 aliphatic carbocycles. The summed E-state index contributed by atoms with van der Waals surface area (Å²) in [6.07, 6.45) is 8.44. The Morgan fingerprint density at radius 1 is 1.05 bits per heavy atom. The zero-order valence-corrected chi connectivity index (χ0v) is 23.1. The maximum atomic E-state index is 12.4. The molecule has 1 amide bonds. The number of carbonyl (C=O) groups is 2. The molecule has 3 heterocycles. The topological polar surface area (TPSA) is 114 Å². The van der Waals surface area contributed by atoms with Gasteiger partial charge >= 0.3 is 0 Å². The van der Waals surface area contributed by atoms with Crippen molar-refractivity contribution < 1.29 is 14.0 Å². The number of thiazole rings is 1. The molecule has 0 aliphatic rings. The van der Waals surface area contributed by atoms with Crippen LogP contribution in [-0.4, -0.2) is 31.9 Å². The largest absolute Gasteiger partial charge is 0.444 e. The average molecular weight is 540 g/mol. The fraction of sp³-hybridized carbons (Fsp3) is 0.444. The number of oxazole rings is 1. The number of rotatable bonds is 13. The van der Waals surface area contributed by atoms with Gasteiger partial charge in [0.15, 0.2) is 5.82 Å². The van der Waals surface area contributed by atoms with E-state index in [1.165, 1.54) is 0 Å². The molecule has 37 heavy (non-hydrogen) atoms. The smallest absolute Gasteiger partial charge is 0.225 e. The number of anilines is 1. The Kier molecular flexibility index (Phi) is 9.15. The third-order valence-corrected chi connectivity index (χ3v) is 8.03. The Labute approximate surface area is 225 Å². The Morgan fingerprint density at radius 3 is 2.62 bits per heavy atom. The number of nitrogens with one attached hydrogen (secondary N) is 2. The molecular weight excluding hydrogens is 506 g/mol. The van der Waals surface area contributed by atoms with Crippen LogP contribution in [0, 0.1) is 0 Å². The van der Waals surface area contributed by atoms with Crippen molar-refractivity contribution in [1.29, 1.82) is 0 Å². The quantitative estimate of drug-likeness (QED) is 0.144. The lowest BCUT2D eigenvalue weighted by atomic mass is 9.94. The van der Waals surface area contributed by atoms with Crippen molar-refractivity contribution >= 4 is 51.5 Å². The summed E-state index contributed by atoms with van der Waals surface area (Å²) >= 11 is 3.18. The first-order chi connectivity index (χ1) is 17.8. The number of H-pyrrole nitrogens is 1. The number of thioether (sulfide) groups is 1. The van der Waals surface area contributed by atoms with E-state index in [1.807, 2.05) is 30.5 Å². The van der Waals surface area contributed by atoms with E-state index in [2.05, 4.69) is 46.3 Å². The summed E-state index contributed by atoms with van der Waals surface area (Å²) in [5.41, 5.74) is 0.842. The highest BCUT2D eigenvalue weighted by Gasteiger charge is 2.19. The molecule has 0 bridgehead atoms. The monoisotopic (exact) mass is 539 g/mol. The average Bonchev–Trinajstić information content (AvgIpc) is 3.60. The van der Waals surface area contributed by atoms with E-state index in [1.54, 1.807) is 29.3 Å². The van der Waals surface area contributed by atoms with Crippen LogP contribution in [0.5, 0.6) is 0 Å². The first-order valence-corrected chi connectivity index (χ1v) is 14.4. The number of aromatic amines is 1. The Morgan fingerprint density at radius 2 is 1.84 bits per heavy atom. The minimum Gasteiger partial charge on any atom is -0.444 e. The molecular formula is C27H33N5O3S2. The highest BCUT2D eigenvalue weighted by molar-refractivity contribution is 8.00. The van der Waals surface area contributed by atoms with E-state index in [4.69, 9.17) is 4.42 Å². The molecule has 0 radical (unpaired) electrons. The van der Waals surface area contributed by atoms with Crippen molar-refractivity contribution in [2.45, 2.75) is 81.1 Å². The van der Waals surface area contributed by atoms with Gasteiger partial charge in [-0.1, -0.05) is 45.7 Å². The van der Waals surface area contributed by atoms with Gasteiger partial charge in [0, 0.05) is 23.6 Å². The number of hydrogen-bond acceptors (Lipinski definition) is 8. The molecule has 196 valence electrons. The first kappa shape index (κ1) is 27.1. The molecule has 0 fully saturated rings. The lowest BCUT2D eigenvalue weighted by molar-refractivity contribution is -0.118. The van der Waals surface area contributed by atoms with Crippen molar-refractivity contribution in [1.82, 2.24) is 20.2 Å². The summed E-state index contributed by atoms with van der Waals surface area (Å²) in [5.74, 6) is 2.96. The molecule has 0 saturated carbocycles. The van der Waals surface area contributed by atoms with Crippen molar-refractivity contribution in [2.75, 3.05) is 5.32 Å². The van der Waals surface area contributed by atoms with Crippen molar-refractivity contribution in [3.63, 3.8) is 0 Å². The number of benzene rings is 1. The van der Waals surface area contributed by atoms with Gasteiger partial charge in [-0.05, 0) is 25.0 Å². The zero-order valence-electron chi connectivity index (χ0n) is 21.5. The number of aromatic nitrogens is 4. The fourth-order valence-corrected chi connectivity index (χ4v) is 5.67. The highest BCUT2D eigenvalue weighted by Crippen LogP contribution is 2.30. The van der Waals surface area contributed by atoms with Crippen LogP contribution in [0.25, 0.3) is 10.9 Å². The maximum absolute atomic E-state index is 12.4. The van der Waals surface area contributed by atoms with Crippen LogP contribution in [-0.2, 0) is 27.2 Å². The van der Waals surface area contributed by atoms with Gasteiger partial charge in [0.25, 0.3) is 0 Å². The predicted octanol–water partition coefficient (Wildman–Crippen LogP) is 6.69. The molecule has 0 saturated heterocycles. The molecule has 4 rings (SSSR count). The van der Waals surface area contributed by atoms with Crippen molar-refractivity contribution in [3.05, 3.63) is 53.3 Å². The molecule has 4 aromatic rings.